The van der Waals surface area contributed by atoms with Gasteiger partial charge in [-0.25, -0.2) is 0 Å². The maximum atomic E-state index is 12.9. The summed E-state index contributed by atoms with van der Waals surface area (Å²) >= 11 is 0. The van der Waals surface area contributed by atoms with Crippen LogP contribution in [-0.4, -0.2) is 16.1 Å². The lowest BCUT2D eigenvalue weighted by molar-refractivity contribution is -0.145. The number of alkyl halides is 3. The summed E-state index contributed by atoms with van der Waals surface area (Å²) in [5.74, 6) is -1.08. The number of pyridine rings is 1. The standard InChI is InChI=1S/C12H12F3NO2/c13-12(14,15)10-8(3-1-6-16-10)11(4-2-5-11)7-9(17)18/h1,3,6H,2,4-5,7H2,(H,17,18). The number of aromatic nitrogens is 1. The molecular formula is C12H12F3NO2. The topological polar surface area (TPSA) is 50.2 Å². The maximum absolute atomic E-state index is 12.9. The van der Waals surface area contributed by atoms with E-state index in [0.717, 1.165) is 12.6 Å². The summed E-state index contributed by atoms with van der Waals surface area (Å²) in [7, 11) is 0. The van der Waals surface area contributed by atoms with Crippen LogP contribution in [0.3, 0.4) is 0 Å². The summed E-state index contributed by atoms with van der Waals surface area (Å²) in [4.78, 5) is 14.2. The monoisotopic (exact) mass is 259 g/mol. The predicted octanol–water partition coefficient (Wildman–Crippen LogP) is 3.00. The van der Waals surface area contributed by atoms with Crippen LogP contribution >= 0.6 is 0 Å². The number of carboxylic acid groups (broad SMARTS) is 1. The molecule has 0 amide bonds. The molecule has 0 atom stereocenters. The van der Waals surface area contributed by atoms with Crippen molar-refractivity contribution in [3.8, 4) is 0 Å². The molecule has 6 heteroatoms. The lowest BCUT2D eigenvalue weighted by Crippen LogP contribution is -2.38. The number of halogens is 3. The van der Waals surface area contributed by atoms with Gasteiger partial charge in [0, 0.05) is 11.6 Å². The lowest BCUT2D eigenvalue weighted by Gasteiger charge is -2.42. The van der Waals surface area contributed by atoms with Crippen molar-refractivity contribution >= 4 is 5.97 Å². The van der Waals surface area contributed by atoms with Gasteiger partial charge in [-0.1, -0.05) is 12.5 Å². The van der Waals surface area contributed by atoms with Gasteiger partial charge in [0.15, 0.2) is 0 Å². The minimum atomic E-state index is -4.54. The summed E-state index contributed by atoms with van der Waals surface area (Å²) in [6.07, 6.45) is -2.06. The number of carbonyl (C=O) groups is 1. The van der Waals surface area contributed by atoms with Crippen LogP contribution in [0.4, 0.5) is 13.2 Å². The highest BCUT2D eigenvalue weighted by Gasteiger charge is 2.47. The average Bonchev–Trinajstić information content (AvgIpc) is 2.22. The fourth-order valence-electron chi connectivity index (χ4n) is 2.49. The highest BCUT2D eigenvalue weighted by Crippen LogP contribution is 2.49. The van der Waals surface area contributed by atoms with Crippen molar-refractivity contribution in [2.75, 3.05) is 0 Å². The minimum Gasteiger partial charge on any atom is -0.481 e. The number of hydrogen-bond donors (Lipinski definition) is 1. The Morgan fingerprint density at radius 2 is 2.11 bits per heavy atom. The van der Waals surface area contributed by atoms with Crippen molar-refractivity contribution in [2.45, 2.75) is 37.3 Å². The van der Waals surface area contributed by atoms with E-state index < -0.39 is 23.3 Å². The van der Waals surface area contributed by atoms with Gasteiger partial charge < -0.3 is 5.11 Å². The third-order valence-electron chi connectivity index (χ3n) is 3.45. The number of nitrogens with zero attached hydrogens (tertiary/aromatic N) is 1. The summed E-state index contributed by atoms with van der Waals surface area (Å²) in [6.45, 7) is 0. The van der Waals surface area contributed by atoms with Crippen molar-refractivity contribution in [1.29, 1.82) is 0 Å². The molecule has 0 radical (unpaired) electrons. The van der Waals surface area contributed by atoms with Crippen molar-refractivity contribution in [3.05, 3.63) is 29.6 Å². The molecular weight excluding hydrogens is 247 g/mol. The van der Waals surface area contributed by atoms with Gasteiger partial charge >= 0.3 is 12.1 Å². The molecule has 0 aliphatic heterocycles. The minimum absolute atomic E-state index is 0.0196. The van der Waals surface area contributed by atoms with Gasteiger partial charge in [0.05, 0.1) is 6.42 Å². The van der Waals surface area contributed by atoms with Crippen LogP contribution in [-0.2, 0) is 16.4 Å². The van der Waals surface area contributed by atoms with E-state index in [2.05, 4.69) is 4.98 Å². The zero-order chi connectivity index (χ0) is 13.4. The van der Waals surface area contributed by atoms with Crippen LogP contribution in [0.15, 0.2) is 18.3 Å². The van der Waals surface area contributed by atoms with E-state index in [9.17, 15) is 18.0 Å². The number of carboxylic acids is 1. The smallest absolute Gasteiger partial charge is 0.433 e. The molecule has 0 aromatic carbocycles. The summed E-state index contributed by atoms with van der Waals surface area (Å²) in [5, 5.41) is 8.87. The second-order valence-electron chi connectivity index (χ2n) is 4.60. The Morgan fingerprint density at radius 1 is 1.44 bits per heavy atom. The number of aliphatic carboxylic acids is 1. The quantitative estimate of drug-likeness (QED) is 0.907. The molecule has 1 N–H and O–H groups in total. The molecule has 0 unspecified atom stereocenters. The first-order chi connectivity index (χ1) is 8.35. The fraction of sp³-hybridized carbons (Fsp3) is 0.500. The third kappa shape index (κ3) is 2.19. The van der Waals surface area contributed by atoms with E-state index in [4.69, 9.17) is 5.11 Å². The van der Waals surface area contributed by atoms with Gasteiger partial charge in [-0.15, -0.1) is 0 Å². The van der Waals surface area contributed by atoms with Crippen molar-refractivity contribution in [1.82, 2.24) is 4.98 Å². The van der Waals surface area contributed by atoms with Crippen LogP contribution < -0.4 is 0 Å². The maximum Gasteiger partial charge on any atom is 0.433 e. The van der Waals surface area contributed by atoms with Crippen LogP contribution in [0.2, 0.25) is 0 Å². The molecule has 0 spiro atoms. The number of rotatable bonds is 3. The van der Waals surface area contributed by atoms with Crippen molar-refractivity contribution in [3.63, 3.8) is 0 Å². The Bertz CT molecular complexity index is 467. The Morgan fingerprint density at radius 3 is 2.56 bits per heavy atom. The predicted molar refractivity (Wildman–Crippen MR) is 57.0 cm³/mol. The first-order valence-corrected chi connectivity index (χ1v) is 5.60. The Balaban J connectivity index is 2.46. The normalized spacial score (nSPS) is 18.2. The Hall–Kier alpha value is -1.59. The molecule has 2 rings (SSSR count). The summed E-state index contributed by atoms with van der Waals surface area (Å²) < 4.78 is 38.6. The van der Waals surface area contributed by atoms with Crippen LogP contribution in [0.5, 0.6) is 0 Å². The molecule has 1 saturated carbocycles. The van der Waals surface area contributed by atoms with Crippen LogP contribution in [0.1, 0.15) is 36.9 Å². The number of hydrogen-bond acceptors (Lipinski definition) is 2. The molecule has 1 fully saturated rings. The zero-order valence-corrected chi connectivity index (χ0v) is 9.50. The van der Waals surface area contributed by atoms with Crippen molar-refractivity contribution in [2.24, 2.45) is 0 Å². The molecule has 1 aliphatic rings. The second-order valence-corrected chi connectivity index (χ2v) is 4.60. The average molecular weight is 259 g/mol. The largest absolute Gasteiger partial charge is 0.481 e. The first kappa shape index (κ1) is 12.9. The van der Waals surface area contributed by atoms with Gasteiger partial charge in [-0.05, 0) is 24.5 Å². The second kappa shape index (κ2) is 4.26. The van der Waals surface area contributed by atoms with E-state index in [-0.39, 0.29) is 12.0 Å². The SMILES string of the molecule is O=C(O)CC1(c2cccnc2C(F)(F)F)CCC1. The zero-order valence-electron chi connectivity index (χ0n) is 9.50. The van der Waals surface area contributed by atoms with E-state index in [0.29, 0.717) is 12.8 Å². The third-order valence-corrected chi connectivity index (χ3v) is 3.45. The highest BCUT2D eigenvalue weighted by molar-refractivity contribution is 5.69. The summed E-state index contributed by atoms with van der Waals surface area (Å²) in [6, 6.07) is 2.77. The van der Waals surface area contributed by atoms with E-state index in [1.165, 1.54) is 12.1 Å². The molecule has 1 aliphatic carbocycles. The Labute approximate surface area is 102 Å². The van der Waals surface area contributed by atoms with Crippen LogP contribution in [0.25, 0.3) is 0 Å². The summed E-state index contributed by atoms with van der Waals surface area (Å²) in [5.41, 5.74) is -1.83. The van der Waals surface area contributed by atoms with Gasteiger partial charge in [0.2, 0.25) is 0 Å². The van der Waals surface area contributed by atoms with Crippen LogP contribution in [0, 0.1) is 0 Å². The fourth-order valence-corrected chi connectivity index (χ4v) is 2.49. The molecule has 1 heterocycles. The molecule has 98 valence electrons. The molecule has 3 nitrogen and oxygen atoms in total. The molecule has 1 aromatic heterocycles. The van der Waals surface area contributed by atoms with Gasteiger partial charge in [-0.3, -0.25) is 9.78 Å². The van der Waals surface area contributed by atoms with E-state index >= 15 is 0 Å². The molecule has 0 saturated heterocycles. The van der Waals surface area contributed by atoms with Gasteiger partial charge in [-0.2, -0.15) is 13.2 Å². The highest BCUT2D eigenvalue weighted by atomic mass is 19.4. The molecule has 1 aromatic rings. The first-order valence-electron chi connectivity index (χ1n) is 5.60. The van der Waals surface area contributed by atoms with Gasteiger partial charge in [0.1, 0.15) is 5.69 Å². The van der Waals surface area contributed by atoms with Crippen molar-refractivity contribution < 1.29 is 23.1 Å². The molecule has 18 heavy (non-hydrogen) atoms. The Kier molecular flexibility index (Phi) is 3.04. The van der Waals surface area contributed by atoms with Gasteiger partial charge in [0.25, 0.3) is 0 Å². The van der Waals surface area contributed by atoms with E-state index in [1.807, 2.05) is 0 Å². The lowest BCUT2D eigenvalue weighted by atomic mass is 9.62. The van der Waals surface area contributed by atoms with E-state index in [1.54, 1.807) is 0 Å². The molecule has 0 bridgehead atoms.